The molecule has 1 aromatic rings. The van der Waals surface area contributed by atoms with Crippen molar-refractivity contribution in [1.29, 1.82) is 0 Å². The lowest BCUT2D eigenvalue weighted by Gasteiger charge is -2.16. The first kappa shape index (κ1) is 15.9. The van der Waals surface area contributed by atoms with Crippen molar-refractivity contribution in [2.45, 2.75) is 32.1 Å². The Morgan fingerprint density at radius 3 is 2.71 bits per heavy atom. The molecule has 1 aliphatic heterocycles. The fraction of sp³-hybridized carbons (Fsp3) is 0.500. The molecule has 0 spiro atoms. The highest BCUT2D eigenvalue weighted by Gasteiger charge is 2.23. The summed E-state index contributed by atoms with van der Waals surface area (Å²) in [6.45, 7) is 7.50. The van der Waals surface area contributed by atoms with Crippen molar-refractivity contribution in [2.24, 2.45) is 10.9 Å². The smallest absolute Gasteiger partial charge is 0.242 e. The largest absolute Gasteiger partial charge is 0.354 e. The molecule has 0 saturated heterocycles. The Balaban J connectivity index is 1.81. The highest BCUT2D eigenvalue weighted by Crippen LogP contribution is 2.34. The van der Waals surface area contributed by atoms with Crippen LogP contribution in [0.15, 0.2) is 35.3 Å². The first-order valence-electron chi connectivity index (χ1n) is 7.36. The summed E-state index contributed by atoms with van der Waals surface area (Å²) in [6.07, 6.45) is 0. The normalized spacial score (nSPS) is 19.2. The number of aliphatic imine (C=N–C) groups is 1. The fourth-order valence-electron chi connectivity index (χ4n) is 2.00. The van der Waals surface area contributed by atoms with Gasteiger partial charge in [-0.25, -0.2) is 0 Å². The molecule has 0 bridgehead atoms. The number of nitrogens with zero attached hydrogens (tertiary/aromatic N) is 1. The van der Waals surface area contributed by atoms with Crippen LogP contribution in [0.4, 0.5) is 0 Å². The second-order valence-corrected chi connectivity index (χ2v) is 6.86. The molecular formula is C16H23N3OS. The SMILES string of the molecule is CC(C)CNC(=O)C(C)NC1=NCC(c2ccccc2)S1. The van der Waals surface area contributed by atoms with E-state index in [4.69, 9.17) is 0 Å². The van der Waals surface area contributed by atoms with Gasteiger partial charge in [-0.2, -0.15) is 0 Å². The Morgan fingerprint density at radius 1 is 1.33 bits per heavy atom. The minimum Gasteiger partial charge on any atom is -0.354 e. The molecule has 0 saturated carbocycles. The van der Waals surface area contributed by atoms with Gasteiger partial charge in [0.2, 0.25) is 5.91 Å². The molecule has 1 aromatic carbocycles. The number of amidine groups is 1. The van der Waals surface area contributed by atoms with E-state index in [-0.39, 0.29) is 11.9 Å². The summed E-state index contributed by atoms with van der Waals surface area (Å²) in [7, 11) is 0. The lowest BCUT2D eigenvalue weighted by atomic mass is 10.1. The molecule has 21 heavy (non-hydrogen) atoms. The second kappa shape index (κ2) is 7.50. The van der Waals surface area contributed by atoms with Gasteiger partial charge in [0.25, 0.3) is 0 Å². The average Bonchev–Trinajstić information content (AvgIpc) is 2.94. The zero-order valence-electron chi connectivity index (χ0n) is 12.8. The van der Waals surface area contributed by atoms with Crippen LogP contribution in [0.25, 0.3) is 0 Å². The van der Waals surface area contributed by atoms with E-state index in [9.17, 15) is 4.79 Å². The van der Waals surface area contributed by atoms with Gasteiger partial charge < -0.3 is 10.6 Å². The van der Waals surface area contributed by atoms with Crippen molar-refractivity contribution < 1.29 is 4.79 Å². The number of carbonyl (C=O) groups excluding carboxylic acids is 1. The van der Waals surface area contributed by atoms with Crippen molar-refractivity contribution in [1.82, 2.24) is 10.6 Å². The van der Waals surface area contributed by atoms with Crippen LogP contribution in [0.5, 0.6) is 0 Å². The number of carbonyl (C=O) groups is 1. The van der Waals surface area contributed by atoms with E-state index in [0.29, 0.717) is 17.7 Å². The Morgan fingerprint density at radius 2 is 2.05 bits per heavy atom. The summed E-state index contributed by atoms with van der Waals surface area (Å²) in [5, 5.41) is 7.34. The highest BCUT2D eigenvalue weighted by molar-refractivity contribution is 8.14. The quantitative estimate of drug-likeness (QED) is 0.879. The molecule has 0 aromatic heterocycles. The van der Waals surface area contributed by atoms with E-state index < -0.39 is 0 Å². The van der Waals surface area contributed by atoms with Crippen LogP contribution in [0, 0.1) is 5.92 Å². The first-order chi connectivity index (χ1) is 10.1. The predicted molar refractivity (Wildman–Crippen MR) is 89.5 cm³/mol. The highest BCUT2D eigenvalue weighted by atomic mass is 32.2. The molecule has 2 atom stereocenters. The average molecular weight is 305 g/mol. The third-order valence-corrected chi connectivity index (χ3v) is 4.42. The number of hydrogen-bond donors (Lipinski definition) is 2. The maximum atomic E-state index is 11.9. The number of amides is 1. The molecule has 0 fully saturated rings. The maximum Gasteiger partial charge on any atom is 0.242 e. The van der Waals surface area contributed by atoms with Crippen LogP contribution in [0.3, 0.4) is 0 Å². The van der Waals surface area contributed by atoms with Crippen LogP contribution in [0.1, 0.15) is 31.6 Å². The predicted octanol–water partition coefficient (Wildman–Crippen LogP) is 2.58. The topological polar surface area (TPSA) is 53.5 Å². The number of thioether (sulfide) groups is 1. The van der Waals surface area contributed by atoms with Gasteiger partial charge in [-0.15, -0.1) is 0 Å². The van der Waals surface area contributed by atoms with Crippen LogP contribution in [-0.2, 0) is 4.79 Å². The van der Waals surface area contributed by atoms with Gasteiger partial charge >= 0.3 is 0 Å². The van der Waals surface area contributed by atoms with Crippen molar-refractivity contribution >= 4 is 22.8 Å². The molecule has 2 N–H and O–H groups in total. The van der Waals surface area contributed by atoms with Gasteiger partial charge in [0.15, 0.2) is 5.17 Å². The van der Waals surface area contributed by atoms with Gasteiger partial charge in [0.05, 0.1) is 11.8 Å². The van der Waals surface area contributed by atoms with Gasteiger partial charge in [-0.3, -0.25) is 9.79 Å². The molecule has 0 aliphatic carbocycles. The van der Waals surface area contributed by atoms with E-state index >= 15 is 0 Å². The zero-order chi connectivity index (χ0) is 15.2. The van der Waals surface area contributed by atoms with E-state index in [1.807, 2.05) is 25.1 Å². The van der Waals surface area contributed by atoms with E-state index in [1.54, 1.807) is 11.8 Å². The standard InChI is InChI=1S/C16H23N3OS/c1-11(2)9-17-15(20)12(3)19-16-18-10-14(21-16)13-7-5-4-6-8-13/h4-8,11-12,14H,9-10H2,1-3H3,(H,17,20)(H,18,19). The van der Waals surface area contributed by atoms with Crippen LogP contribution < -0.4 is 10.6 Å². The lowest BCUT2D eigenvalue weighted by Crippen LogP contribution is -2.44. The zero-order valence-corrected chi connectivity index (χ0v) is 13.6. The fourth-order valence-corrected chi connectivity index (χ4v) is 3.11. The summed E-state index contributed by atoms with van der Waals surface area (Å²) in [5.41, 5.74) is 1.28. The molecule has 114 valence electrons. The van der Waals surface area contributed by atoms with E-state index in [1.165, 1.54) is 5.56 Å². The molecular weight excluding hydrogens is 282 g/mol. The van der Waals surface area contributed by atoms with Crippen molar-refractivity contribution in [3.8, 4) is 0 Å². The lowest BCUT2D eigenvalue weighted by molar-refractivity contribution is -0.122. The molecule has 1 aliphatic rings. The molecule has 1 heterocycles. The number of rotatable bonds is 5. The molecule has 0 radical (unpaired) electrons. The van der Waals surface area contributed by atoms with E-state index in [0.717, 1.165) is 11.7 Å². The van der Waals surface area contributed by atoms with Crippen molar-refractivity contribution in [3.63, 3.8) is 0 Å². The Hall–Kier alpha value is -1.49. The molecule has 1 amide bonds. The van der Waals surface area contributed by atoms with Crippen molar-refractivity contribution in [3.05, 3.63) is 35.9 Å². The second-order valence-electron chi connectivity index (χ2n) is 5.67. The summed E-state index contributed by atoms with van der Waals surface area (Å²) in [5.74, 6) is 0.483. The summed E-state index contributed by atoms with van der Waals surface area (Å²) in [4.78, 5) is 16.4. The van der Waals surface area contributed by atoms with Crippen LogP contribution in [0.2, 0.25) is 0 Å². The monoisotopic (exact) mass is 305 g/mol. The minimum atomic E-state index is -0.260. The van der Waals surface area contributed by atoms with E-state index in [2.05, 4.69) is 41.6 Å². The Kier molecular flexibility index (Phi) is 5.67. The molecule has 2 unspecified atom stereocenters. The maximum absolute atomic E-state index is 11.9. The Labute approximate surface area is 130 Å². The van der Waals surface area contributed by atoms with Gasteiger partial charge in [-0.05, 0) is 18.4 Å². The van der Waals surface area contributed by atoms with Gasteiger partial charge in [-0.1, -0.05) is 55.9 Å². The summed E-state index contributed by atoms with van der Waals surface area (Å²) >= 11 is 1.69. The van der Waals surface area contributed by atoms with Gasteiger partial charge in [0, 0.05) is 6.54 Å². The minimum absolute atomic E-state index is 0.0233. The van der Waals surface area contributed by atoms with Crippen LogP contribution in [-0.4, -0.2) is 30.2 Å². The molecule has 5 heteroatoms. The number of nitrogens with one attached hydrogen (secondary N) is 2. The molecule has 4 nitrogen and oxygen atoms in total. The summed E-state index contributed by atoms with van der Waals surface area (Å²) in [6, 6.07) is 10.1. The Bertz CT molecular complexity index is 502. The number of benzene rings is 1. The van der Waals surface area contributed by atoms with Crippen LogP contribution >= 0.6 is 11.8 Å². The summed E-state index contributed by atoms with van der Waals surface area (Å²) < 4.78 is 0. The van der Waals surface area contributed by atoms with Crippen molar-refractivity contribution in [2.75, 3.05) is 13.1 Å². The number of hydrogen-bond acceptors (Lipinski definition) is 4. The molecule has 2 rings (SSSR count). The third-order valence-electron chi connectivity index (χ3n) is 3.24. The third kappa shape index (κ3) is 4.77. The van der Waals surface area contributed by atoms with Gasteiger partial charge in [0.1, 0.15) is 6.04 Å². The first-order valence-corrected chi connectivity index (χ1v) is 8.24.